The molecule has 3 heterocycles. The van der Waals surface area contributed by atoms with Gasteiger partial charge in [0.05, 0.1) is 70.3 Å². The van der Waals surface area contributed by atoms with Gasteiger partial charge in [0.15, 0.2) is 6.29 Å². The molecule has 14 heteroatoms. The van der Waals surface area contributed by atoms with Crippen LogP contribution in [0.2, 0.25) is 0 Å². The van der Waals surface area contributed by atoms with Gasteiger partial charge in [0.25, 0.3) is 5.91 Å². The first-order valence-electron chi connectivity index (χ1n) is 16.7. The average molecular weight is 692 g/mol. The molecule has 2 N–H and O–H groups in total. The normalized spacial score (nSPS) is 17.1. The van der Waals surface area contributed by atoms with Crippen molar-refractivity contribution in [2.45, 2.75) is 19.0 Å². The number of aromatic nitrogens is 2. The summed E-state index contributed by atoms with van der Waals surface area (Å²) in [5.74, 6) is -1.33. The molecule has 0 bridgehead atoms. The van der Waals surface area contributed by atoms with Crippen LogP contribution in [0.3, 0.4) is 0 Å². The molecule has 1 amide bonds. The average Bonchev–Trinajstić information content (AvgIpc) is 3.13. The quantitative estimate of drug-likeness (QED) is 0.222. The molecule has 50 heavy (non-hydrogen) atoms. The Labute approximate surface area is 291 Å². The number of hydrogen-bond acceptors (Lipinski definition) is 12. The maximum atomic E-state index is 12.6. The summed E-state index contributed by atoms with van der Waals surface area (Å²) in [6.07, 6.45) is 1.71. The molecule has 0 aliphatic carbocycles. The molecule has 1 aliphatic heterocycles. The van der Waals surface area contributed by atoms with Crippen molar-refractivity contribution < 1.29 is 43.2 Å². The summed E-state index contributed by atoms with van der Waals surface area (Å²) in [6.45, 7) is 6.18. The van der Waals surface area contributed by atoms with Gasteiger partial charge in [0, 0.05) is 51.3 Å². The number of carboxylic acids is 1. The topological polar surface area (TPSA) is 170 Å². The highest BCUT2D eigenvalue weighted by Gasteiger charge is 2.24. The SMILES string of the molecule is O=CCCNC(=O)c1ccc(C(c2cccc(C=O)n2)N2CCOCCOCCN(Cc3cccc(C(=O)O)n3)CCOCCOCC2)cc1. The van der Waals surface area contributed by atoms with Gasteiger partial charge in [-0.1, -0.05) is 24.3 Å². The minimum Gasteiger partial charge on any atom is -0.477 e. The van der Waals surface area contributed by atoms with Crippen molar-refractivity contribution >= 4 is 24.4 Å². The lowest BCUT2D eigenvalue weighted by Crippen LogP contribution is -2.36. The third-order valence-corrected chi connectivity index (χ3v) is 7.90. The molecule has 1 aliphatic rings. The van der Waals surface area contributed by atoms with Gasteiger partial charge in [-0.15, -0.1) is 0 Å². The molecule has 1 unspecified atom stereocenters. The number of benzene rings is 1. The predicted molar refractivity (Wildman–Crippen MR) is 182 cm³/mol. The van der Waals surface area contributed by atoms with E-state index in [1.807, 2.05) is 18.2 Å². The number of aldehydes is 2. The summed E-state index contributed by atoms with van der Waals surface area (Å²) in [5.41, 5.74) is 2.97. The second-order valence-corrected chi connectivity index (χ2v) is 11.4. The summed E-state index contributed by atoms with van der Waals surface area (Å²) in [7, 11) is 0. The maximum absolute atomic E-state index is 12.6. The van der Waals surface area contributed by atoms with E-state index in [0.29, 0.717) is 115 Å². The van der Waals surface area contributed by atoms with Gasteiger partial charge < -0.3 is 34.2 Å². The largest absolute Gasteiger partial charge is 0.477 e. The lowest BCUT2D eigenvalue weighted by molar-refractivity contribution is -0.107. The van der Waals surface area contributed by atoms with Crippen molar-refractivity contribution in [3.05, 3.63) is 94.6 Å². The summed E-state index contributed by atoms with van der Waals surface area (Å²) in [5, 5.41) is 12.0. The molecule has 1 fully saturated rings. The highest BCUT2D eigenvalue weighted by atomic mass is 16.5. The fraction of sp³-hybridized carbons (Fsp3) is 0.444. The van der Waals surface area contributed by atoms with Crippen LogP contribution in [0.15, 0.2) is 60.7 Å². The first-order chi connectivity index (χ1) is 24.5. The molecule has 0 saturated carbocycles. The molecule has 14 nitrogen and oxygen atoms in total. The van der Waals surface area contributed by atoms with Crippen LogP contribution in [-0.4, -0.2) is 135 Å². The Bertz CT molecular complexity index is 1490. The number of pyridine rings is 2. The van der Waals surface area contributed by atoms with E-state index in [4.69, 9.17) is 18.9 Å². The smallest absolute Gasteiger partial charge is 0.354 e. The lowest BCUT2D eigenvalue weighted by atomic mass is 9.99. The van der Waals surface area contributed by atoms with Crippen LogP contribution in [0, 0.1) is 0 Å². The first-order valence-corrected chi connectivity index (χ1v) is 16.7. The van der Waals surface area contributed by atoms with Crippen LogP contribution in [0.25, 0.3) is 0 Å². The number of rotatable bonds is 11. The summed E-state index contributed by atoms with van der Waals surface area (Å²) < 4.78 is 23.7. The molecule has 1 atom stereocenters. The van der Waals surface area contributed by atoms with Crippen LogP contribution in [0.5, 0.6) is 0 Å². The Morgan fingerprint density at radius 2 is 1.40 bits per heavy atom. The highest BCUT2D eigenvalue weighted by Crippen LogP contribution is 2.28. The van der Waals surface area contributed by atoms with Crippen LogP contribution in [-0.2, 0) is 30.3 Å². The zero-order valence-corrected chi connectivity index (χ0v) is 28.1. The maximum Gasteiger partial charge on any atom is 0.354 e. The van der Waals surface area contributed by atoms with Gasteiger partial charge in [-0.3, -0.25) is 19.4 Å². The Hall–Kier alpha value is -4.44. The molecular formula is C36H45N5O9. The summed E-state index contributed by atoms with van der Waals surface area (Å²) >= 11 is 0. The van der Waals surface area contributed by atoms with E-state index < -0.39 is 5.97 Å². The van der Waals surface area contributed by atoms with E-state index in [2.05, 4.69) is 25.1 Å². The summed E-state index contributed by atoms with van der Waals surface area (Å²) in [4.78, 5) is 59.3. The Morgan fingerprint density at radius 1 is 0.780 bits per heavy atom. The van der Waals surface area contributed by atoms with Crippen LogP contribution in [0.1, 0.15) is 60.7 Å². The molecule has 2 aromatic heterocycles. The van der Waals surface area contributed by atoms with Gasteiger partial charge in [-0.25, -0.2) is 14.8 Å². The highest BCUT2D eigenvalue weighted by molar-refractivity contribution is 5.94. The molecule has 0 spiro atoms. The van der Waals surface area contributed by atoms with E-state index in [1.165, 1.54) is 6.07 Å². The van der Waals surface area contributed by atoms with Crippen molar-refractivity contribution in [3.63, 3.8) is 0 Å². The molecule has 268 valence electrons. The number of aromatic carboxylic acids is 1. The molecule has 3 aromatic rings. The van der Waals surface area contributed by atoms with Gasteiger partial charge in [-0.2, -0.15) is 0 Å². The zero-order chi connectivity index (χ0) is 35.4. The fourth-order valence-corrected chi connectivity index (χ4v) is 5.37. The van der Waals surface area contributed by atoms with Gasteiger partial charge >= 0.3 is 5.97 Å². The number of nitrogens with zero attached hydrogens (tertiary/aromatic N) is 4. The number of nitrogens with one attached hydrogen (secondary N) is 1. The van der Waals surface area contributed by atoms with E-state index in [-0.39, 0.29) is 30.6 Å². The molecule has 4 rings (SSSR count). The standard InChI is InChI=1S/C36H45N5O9/c42-17-3-12-37-35(44)29-10-8-28(9-11-29)34(32-6-2-5-31(27-43)39-32)41-15-20-49-24-22-47-18-13-40(14-19-48-23-25-50-21-16-41)26-30-4-1-7-33(38-30)36(45)46/h1-2,4-11,17,27,34H,3,12-16,18-26H2,(H,37,44)(H,45,46). The Morgan fingerprint density at radius 3 is 2.00 bits per heavy atom. The van der Waals surface area contributed by atoms with Gasteiger partial charge in [-0.05, 0) is 42.0 Å². The molecule has 1 aromatic carbocycles. The number of hydrogen-bond donors (Lipinski definition) is 2. The van der Waals surface area contributed by atoms with E-state index in [1.54, 1.807) is 36.4 Å². The second kappa shape index (κ2) is 21.6. The third-order valence-electron chi connectivity index (χ3n) is 7.90. The number of amides is 1. The molecular weight excluding hydrogens is 646 g/mol. The monoisotopic (exact) mass is 691 g/mol. The Kier molecular flexibility index (Phi) is 16.6. The second-order valence-electron chi connectivity index (χ2n) is 11.4. The first kappa shape index (κ1) is 38.4. The minimum absolute atomic E-state index is 0.00635. The van der Waals surface area contributed by atoms with E-state index >= 15 is 0 Å². The molecule has 1 saturated heterocycles. The Balaban J connectivity index is 1.42. The van der Waals surface area contributed by atoms with Crippen LogP contribution in [0.4, 0.5) is 0 Å². The minimum atomic E-state index is -1.07. The van der Waals surface area contributed by atoms with Crippen molar-refractivity contribution in [3.8, 4) is 0 Å². The third kappa shape index (κ3) is 12.8. The van der Waals surface area contributed by atoms with Crippen molar-refractivity contribution in [2.75, 3.05) is 85.6 Å². The summed E-state index contributed by atoms with van der Waals surface area (Å²) in [6, 6.07) is 17.1. The van der Waals surface area contributed by atoms with Crippen LogP contribution < -0.4 is 5.32 Å². The number of carboxylic acid groups (broad SMARTS) is 1. The zero-order valence-electron chi connectivity index (χ0n) is 28.1. The number of carbonyl (C=O) groups excluding carboxylic acids is 3. The lowest BCUT2D eigenvalue weighted by Gasteiger charge is -2.32. The number of ether oxygens (including phenoxy) is 4. The number of carbonyl (C=O) groups is 4. The van der Waals surface area contributed by atoms with Gasteiger partial charge in [0.1, 0.15) is 17.7 Å². The predicted octanol–water partition coefficient (Wildman–Crippen LogP) is 2.28. The van der Waals surface area contributed by atoms with E-state index in [0.717, 1.165) is 11.8 Å². The molecule has 0 radical (unpaired) electrons. The van der Waals surface area contributed by atoms with Crippen molar-refractivity contribution in [1.29, 1.82) is 0 Å². The fourth-order valence-electron chi connectivity index (χ4n) is 5.37. The van der Waals surface area contributed by atoms with Crippen molar-refractivity contribution in [1.82, 2.24) is 25.1 Å². The van der Waals surface area contributed by atoms with Gasteiger partial charge in [0.2, 0.25) is 0 Å². The van der Waals surface area contributed by atoms with E-state index in [9.17, 15) is 24.3 Å². The van der Waals surface area contributed by atoms with Crippen LogP contribution >= 0.6 is 0 Å². The van der Waals surface area contributed by atoms with Crippen molar-refractivity contribution in [2.24, 2.45) is 0 Å².